The summed E-state index contributed by atoms with van der Waals surface area (Å²) < 4.78 is 27.9. The van der Waals surface area contributed by atoms with E-state index in [2.05, 4.69) is 5.32 Å². The average molecular weight is 429 g/mol. The summed E-state index contributed by atoms with van der Waals surface area (Å²) in [5.41, 5.74) is 3.31. The molecule has 6 nitrogen and oxygen atoms in total. The maximum Gasteiger partial charge on any atom is 0.267 e. The molecule has 0 aliphatic carbocycles. The maximum atomic E-state index is 13.3. The fourth-order valence-electron chi connectivity index (χ4n) is 3.42. The number of hydrogen-bond acceptors (Lipinski definition) is 5. The van der Waals surface area contributed by atoms with Crippen LogP contribution in [0.1, 0.15) is 26.4 Å². The molecule has 0 bridgehead atoms. The molecule has 150 valence electrons. The van der Waals surface area contributed by atoms with E-state index in [-0.39, 0.29) is 16.4 Å². The highest BCUT2D eigenvalue weighted by Crippen LogP contribution is 2.30. The lowest BCUT2D eigenvalue weighted by Crippen LogP contribution is -2.36. The molecule has 0 spiro atoms. The molecule has 1 amide bonds. The molecule has 2 aromatic carbocycles. The van der Waals surface area contributed by atoms with Crippen LogP contribution in [0.2, 0.25) is 0 Å². The second-order valence-electron chi connectivity index (χ2n) is 6.78. The molecular weight excluding hydrogens is 408 g/mol. The van der Waals surface area contributed by atoms with E-state index in [1.54, 1.807) is 29.6 Å². The number of rotatable bonds is 5. The fourth-order valence-corrected chi connectivity index (χ4v) is 6.13. The van der Waals surface area contributed by atoms with Gasteiger partial charge in [0.2, 0.25) is 10.0 Å². The van der Waals surface area contributed by atoms with Gasteiger partial charge in [-0.3, -0.25) is 4.79 Å². The summed E-state index contributed by atoms with van der Waals surface area (Å²) in [6, 6.07) is 16.1. The molecule has 0 atom stereocenters. The molecule has 0 saturated carbocycles. The zero-order chi connectivity index (χ0) is 20.4. The molecule has 2 N–H and O–H groups in total. The van der Waals surface area contributed by atoms with Crippen molar-refractivity contribution in [1.82, 2.24) is 4.31 Å². The SMILES string of the molecule is O=C(Nc1cccc(CO)c1)c1sccc1S(=O)(=O)N1CCc2ccccc2C1. The van der Waals surface area contributed by atoms with Crippen LogP contribution in [0.25, 0.3) is 0 Å². The summed E-state index contributed by atoms with van der Waals surface area (Å²) in [6.45, 7) is 0.543. The molecular formula is C21H20N2O4S2. The Morgan fingerprint density at radius 2 is 1.90 bits per heavy atom. The monoisotopic (exact) mass is 428 g/mol. The zero-order valence-corrected chi connectivity index (χ0v) is 17.2. The van der Waals surface area contributed by atoms with Gasteiger partial charge >= 0.3 is 0 Å². The van der Waals surface area contributed by atoms with Crippen molar-refractivity contribution in [3.05, 3.63) is 81.5 Å². The number of aliphatic hydroxyl groups is 1. The van der Waals surface area contributed by atoms with Crippen LogP contribution in [-0.4, -0.2) is 30.3 Å². The Balaban J connectivity index is 1.59. The van der Waals surface area contributed by atoms with E-state index in [9.17, 15) is 18.3 Å². The molecule has 2 heterocycles. The van der Waals surface area contributed by atoms with E-state index in [0.717, 1.165) is 22.5 Å². The Labute approximate surface area is 173 Å². The van der Waals surface area contributed by atoms with Gasteiger partial charge in [0.25, 0.3) is 5.91 Å². The van der Waals surface area contributed by atoms with Crippen LogP contribution >= 0.6 is 11.3 Å². The van der Waals surface area contributed by atoms with Gasteiger partial charge in [0.15, 0.2) is 0 Å². The molecule has 0 saturated heterocycles. The van der Waals surface area contributed by atoms with E-state index in [4.69, 9.17) is 0 Å². The second kappa shape index (κ2) is 8.08. The van der Waals surface area contributed by atoms with E-state index in [0.29, 0.717) is 30.8 Å². The molecule has 1 aliphatic heterocycles. The lowest BCUT2D eigenvalue weighted by atomic mass is 10.0. The number of nitrogens with one attached hydrogen (secondary N) is 1. The number of amides is 1. The van der Waals surface area contributed by atoms with E-state index in [1.165, 1.54) is 10.4 Å². The predicted octanol–water partition coefficient (Wildman–Crippen LogP) is 3.24. The number of aliphatic hydroxyl groups excluding tert-OH is 1. The fraction of sp³-hybridized carbons (Fsp3) is 0.190. The number of anilines is 1. The number of fused-ring (bicyclic) bond motifs is 1. The van der Waals surface area contributed by atoms with Gasteiger partial charge < -0.3 is 10.4 Å². The predicted molar refractivity (Wildman–Crippen MR) is 112 cm³/mol. The Bertz CT molecular complexity index is 1150. The first-order valence-electron chi connectivity index (χ1n) is 9.14. The van der Waals surface area contributed by atoms with Crippen LogP contribution < -0.4 is 5.32 Å². The molecule has 0 radical (unpaired) electrons. The van der Waals surface area contributed by atoms with E-state index in [1.807, 2.05) is 24.3 Å². The van der Waals surface area contributed by atoms with Gasteiger partial charge in [0.05, 0.1) is 6.61 Å². The lowest BCUT2D eigenvalue weighted by molar-refractivity contribution is 0.102. The first kappa shape index (κ1) is 19.8. The summed E-state index contributed by atoms with van der Waals surface area (Å²) in [7, 11) is -3.80. The largest absolute Gasteiger partial charge is 0.392 e. The normalized spacial score (nSPS) is 14.4. The van der Waals surface area contributed by atoms with Crippen LogP contribution in [0.5, 0.6) is 0 Å². The van der Waals surface area contributed by atoms with E-state index >= 15 is 0 Å². The van der Waals surface area contributed by atoms with Gasteiger partial charge in [0, 0.05) is 18.8 Å². The van der Waals surface area contributed by atoms with Crippen molar-refractivity contribution in [3.63, 3.8) is 0 Å². The standard InChI is InChI=1S/C21H20N2O4S2/c24-14-15-4-3-7-18(12-15)22-21(25)20-19(9-11-28-20)29(26,27)23-10-8-16-5-1-2-6-17(16)13-23/h1-7,9,11-12,24H,8,10,13-14H2,(H,22,25). The number of hydrogen-bond donors (Lipinski definition) is 2. The summed E-state index contributed by atoms with van der Waals surface area (Å²) in [4.78, 5) is 13.0. The third-order valence-electron chi connectivity index (χ3n) is 4.92. The molecule has 8 heteroatoms. The van der Waals surface area contributed by atoms with Crippen LogP contribution in [0.15, 0.2) is 64.9 Å². The first-order valence-corrected chi connectivity index (χ1v) is 11.5. The van der Waals surface area contributed by atoms with Crippen LogP contribution in [-0.2, 0) is 29.6 Å². The lowest BCUT2D eigenvalue weighted by Gasteiger charge is -2.28. The Kier molecular flexibility index (Phi) is 5.51. The number of nitrogens with zero attached hydrogens (tertiary/aromatic N) is 1. The van der Waals surface area contributed by atoms with Crippen molar-refractivity contribution >= 4 is 33.0 Å². The quantitative estimate of drug-likeness (QED) is 0.653. The second-order valence-corrected chi connectivity index (χ2v) is 9.61. The van der Waals surface area contributed by atoms with E-state index < -0.39 is 15.9 Å². The van der Waals surface area contributed by atoms with Crippen molar-refractivity contribution in [2.75, 3.05) is 11.9 Å². The molecule has 1 aliphatic rings. The third-order valence-corrected chi connectivity index (χ3v) is 7.85. The highest BCUT2D eigenvalue weighted by Gasteiger charge is 2.32. The van der Waals surface area contributed by atoms with Crippen LogP contribution in [0.4, 0.5) is 5.69 Å². The molecule has 29 heavy (non-hydrogen) atoms. The number of thiophene rings is 1. The van der Waals surface area contributed by atoms with Crippen molar-refractivity contribution in [2.45, 2.75) is 24.5 Å². The van der Waals surface area contributed by atoms with Crippen molar-refractivity contribution in [1.29, 1.82) is 0 Å². The van der Waals surface area contributed by atoms with Gasteiger partial charge in [-0.05, 0) is 46.7 Å². The summed E-state index contributed by atoms with van der Waals surface area (Å²) >= 11 is 1.10. The Hall–Kier alpha value is -2.52. The Morgan fingerprint density at radius 1 is 1.10 bits per heavy atom. The van der Waals surface area contributed by atoms with Crippen LogP contribution in [0.3, 0.4) is 0 Å². The minimum Gasteiger partial charge on any atom is -0.392 e. The summed E-state index contributed by atoms with van der Waals surface area (Å²) in [5, 5.41) is 13.6. The smallest absolute Gasteiger partial charge is 0.267 e. The molecule has 4 rings (SSSR count). The maximum absolute atomic E-state index is 13.3. The van der Waals surface area contributed by atoms with Crippen molar-refractivity contribution < 1.29 is 18.3 Å². The number of carbonyl (C=O) groups excluding carboxylic acids is 1. The van der Waals surface area contributed by atoms with Gasteiger partial charge in [0.1, 0.15) is 9.77 Å². The first-order chi connectivity index (χ1) is 14.0. The van der Waals surface area contributed by atoms with Gasteiger partial charge in [-0.15, -0.1) is 11.3 Å². The highest BCUT2D eigenvalue weighted by atomic mass is 32.2. The van der Waals surface area contributed by atoms with Gasteiger partial charge in [-0.2, -0.15) is 4.31 Å². The minimum absolute atomic E-state index is 0.0256. The van der Waals surface area contributed by atoms with Crippen molar-refractivity contribution in [3.8, 4) is 0 Å². The minimum atomic E-state index is -3.80. The number of benzene rings is 2. The Morgan fingerprint density at radius 3 is 2.69 bits per heavy atom. The van der Waals surface area contributed by atoms with Crippen molar-refractivity contribution in [2.24, 2.45) is 0 Å². The third kappa shape index (κ3) is 3.97. The average Bonchev–Trinajstić information content (AvgIpc) is 3.24. The molecule has 0 unspecified atom stereocenters. The molecule has 1 aromatic heterocycles. The topological polar surface area (TPSA) is 86.7 Å². The highest BCUT2D eigenvalue weighted by molar-refractivity contribution is 7.89. The van der Waals surface area contributed by atoms with Gasteiger partial charge in [-0.1, -0.05) is 36.4 Å². The summed E-state index contributed by atoms with van der Waals surface area (Å²) in [6.07, 6.45) is 0.648. The summed E-state index contributed by atoms with van der Waals surface area (Å²) in [5.74, 6) is -0.480. The molecule has 3 aromatic rings. The number of carbonyl (C=O) groups is 1. The van der Waals surface area contributed by atoms with Crippen LogP contribution in [0, 0.1) is 0 Å². The molecule has 0 fully saturated rings. The van der Waals surface area contributed by atoms with Gasteiger partial charge in [-0.25, -0.2) is 8.42 Å². The number of sulfonamides is 1. The zero-order valence-electron chi connectivity index (χ0n) is 15.5.